The summed E-state index contributed by atoms with van der Waals surface area (Å²) in [5.74, 6) is -1.41. The number of amides is 1. The van der Waals surface area contributed by atoms with E-state index in [4.69, 9.17) is 0 Å². The molecule has 3 aromatic carbocycles. The van der Waals surface area contributed by atoms with Crippen molar-refractivity contribution >= 4 is 22.5 Å². The molecule has 4 aromatic rings. The second-order valence-corrected chi connectivity index (χ2v) is 9.16. The Morgan fingerprint density at radius 3 is 2.42 bits per heavy atom. The maximum Gasteiger partial charge on any atom is 0.240 e. The van der Waals surface area contributed by atoms with Crippen LogP contribution in [0.15, 0.2) is 60.8 Å². The third-order valence-electron chi connectivity index (χ3n) is 6.85. The Balaban J connectivity index is 1.36. The summed E-state index contributed by atoms with van der Waals surface area (Å²) in [5.41, 5.74) is 2.94. The van der Waals surface area contributed by atoms with Crippen molar-refractivity contribution in [2.45, 2.75) is 12.0 Å². The van der Waals surface area contributed by atoms with Gasteiger partial charge in [0.25, 0.3) is 0 Å². The van der Waals surface area contributed by atoms with Crippen molar-refractivity contribution in [3.63, 3.8) is 0 Å². The highest BCUT2D eigenvalue weighted by Gasteiger charge is 2.56. The molecule has 0 atom stereocenters. The van der Waals surface area contributed by atoms with Crippen LogP contribution in [0.25, 0.3) is 22.0 Å². The number of fused-ring (bicyclic) bond motifs is 3. The van der Waals surface area contributed by atoms with Gasteiger partial charge < -0.3 is 9.80 Å². The second-order valence-electron chi connectivity index (χ2n) is 9.16. The molecule has 1 saturated heterocycles. The van der Waals surface area contributed by atoms with E-state index in [-0.39, 0.29) is 18.0 Å². The highest BCUT2D eigenvalue weighted by atomic mass is 19.1. The first-order valence-corrected chi connectivity index (χ1v) is 10.9. The fraction of sp³-hybridized carbons (Fsp3) is 0.231. The van der Waals surface area contributed by atoms with Crippen molar-refractivity contribution in [1.29, 1.82) is 0 Å². The number of nitrogens with zero attached hydrogens (tertiary/aromatic N) is 4. The van der Waals surface area contributed by atoms with Crippen LogP contribution in [0.2, 0.25) is 0 Å². The van der Waals surface area contributed by atoms with Crippen molar-refractivity contribution in [2.24, 2.45) is 7.05 Å². The molecule has 1 fully saturated rings. The molecule has 6 rings (SSSR count). The van der Waals surface area contributed by atoms with Crippen LogP contribution in [0, 0.1) is 11.6 Å². The van der Waals surface area contributed by atoms with Gasteiger partial charge >= 0.3 is 0 Å². The van der Waals surface area contributed by atoms with Crippen LogP contribution >= 0.6 is 0 Å². The summed E-state index contributed by atoms with van der Waals surface area (Å²) in [6.07, 6.45) is 1.87. The number of hydrogen-bond donors (Lipinski definition) is 0. The minimum atomic E-state index is -0.659. The Labute approximate surface area is 189 Å². The predicted octanol–water partition coefficient (Wildman–Crippen LogP) is 4.25. The van der Waals surface area contributed by atoms with E-state index in [1.165, 1.54) is 17.0 Å². The summed E-state index contributed by atoms with van der Waals surface area (Å²) < 4.78 is 32.1. The minimum Gasteiger partial charge on any atom is -0.307 e. The summed E-state index contributed by atoms with van der Waals surface area (Å²) >= 11 is 0. The standard InChI is InChI=1S/C26H22F2N4O/c1-30-14-26(15-30)20-5-3-4-6-24(20)32(25(26)33)13-19-21(27)10-17(11-22(19)28)16-7-8-23-18(9-16)12-31(2)29-23/h3-12H,13-15H2,1-2H3. The average molecular weight is 444 g/mol. The van der Waals surface area contributed by atoms with Crippen LogP contribution in [0.4, 0.5) is 14.5 Å². The molecular formula is C26H22F2N4O. The molecule has 2 aliphatic rings. The molecule has 5 nitrogen and oxygen atoms in total. The van der Waals surface area contributed by atoms with Crippen molar-refractivity contribution in [3.8, 4) is 11.1 Å². The molecule has 1 spiro atoms. The van der Waals surface area contributed by atoms with Crippen LogP contribution in [0.1, 0.15) is 11.1 Å². The molecular weight excluding hydrogens is 422 g/mol. The van der Waals surface area contributed by atoms with Gasteiger partial charge in [0.1, 0.15) is 17.0 Å². The van der Waals surface area contributed by atoms with Crippen molar-refractivity contribution in [1.82, 2.24) is 14.7 Å². The maximum atomic E-state index is 15.2. The predicted molar refractivity (Wildman–Crippen MR) is 123 cm³/mol. The first-order valence-electron chi connectivity index (χ1n) is 10.9. The first-order chi connectivity index (χ1) is 15.9. The smallest absolute Gasteiger partial charge is 0.240 e. The number of para-hydroxylation sites is 1. The number of hydrogen-bond acceptors (Lipinski definition) is 3. The Bertz CT molecular complexity index is 1410. The molecule has 1 amide bonds. The van der Waals surface area contributed by atoms with Gasteiger partial charge in [0.05, 0.1) is 12.1 Å². The molecule has 33 heavy (non-hydrogen) atoms. The number of aromatic nitrogens is 2. The van der Waals surface area contributed by atoms with Crippen LogP contribution < -0.4 is 4.90 Å². The number of likely N-dealkylation sites (tertiary alicyclic amines) is 1. The number of carbonyl (C=O) groups is 1. The summed E-state index contributed by atoms with van der Waals surface area (Å²) in [7, 11) is 3.79. The number of benzene rings is 3. The summed E-state index contributed by atoms with van der Waals surface area (Å²) in [6, 6.07) is 15.8. The first kappa shape index (κ1) is 20.1. The zero-order valence-electron chi connectivity index (χ0n) is 18.3. The van der Waals surface area contributed by atoms with Gasteiger partial charge in [-0.2, -0.15) is 5.10 Å². The Kier molecular flexibility index (Phi) is 4.23. The Morgan fingerprint density at radius 2 is 1.70 bits per heavy atom. The van der Waals surface area contributed by atoms with E-state index >= 15 is 8.78 Å². The van der Waals surface area contributed by atoms with Gasteiger partial charge in [-0.3, -0.25) is 9.48 Å². The SMILES string of the molecule is CN1CC2(C1)C(=O)N(Cc1c(F)cc(-c3ccc4nn(C)cc4c3)cc1F)c1ccccc12. The van der Waals surface area contributed by atoms with E-state index in [1.807, 2.05) is 56.7 Å². The molecule has 2 aliphatic heterocycles. The normalized spacial score (nSPS) is 17.1. The fourth-order valence-corrected chi connectivity index (χ4v) is 5.34. The zero-order chi connectivity index (χ0) is 22.9. The van der Waals surface area contributed by atoms with Gasteiger partial charge in [0, 0.05) is 43.0 Å². The van der Waals surface area contributed by atoms with Gasteiger partial charge in [0.2, 0.25) is 5.91 Å². The summed E-state index contributed by atoms with van der Waals surface area (Å²) in [6.45, 7) is 1.08. The number of aryl methyl sites for hydroxylation is 1. The highest BCUT2D eigenvalue weighted by Crippen LogP contribution is 2.47. The lowest BCUT2D eigenvalue weighted by atomic mass is 9.75. The van der Waals surface area contributed by atoms with E-state index in [9.17, 15) is 4.79 Å². The van der Waals surface area contributed by atoms with Crippen molar-refractivity contribution in [3.05, 3.63) is 83.6 Å². The number of rotatable bonds is 3. The number of likely N-dealkylation sites (N-methyl/N-ethyl adjacent to an activating group) is 1. The van der Waals surface area contributed by atoms with Crippen LogP contribution in [0.3, 0.4) is 0 Å². The minimum absolute atomic E-state index is 0.0910. The van der Waals surface area contributed by atoms with E-state index < -0.39 is 17.0 Å². The molecule has 3 heterocycles. The molecule has 7 heteroatoms. The van der Waals surface area contributed by atoms with Gasteiger partial charge in [-0.25, -0.2) is 8.78 Å². The van der Waals surface area contributed by atoms with E-state index in [0.29, 0.717) is 24.2 Å². The third kappa shape index (κ3) is 2.92. The largest absolute Gasteiger partial charge is 0.307 e. The van der Waals surface area contributed by atoms with Crippen molar-refractivity contribution < 1.29 is 13.6 Å². The quantitative estimate of drug-likeness (QED) is 0.475. The van der Waals surface area contributed by atoms with E-state index in [1.54, 1.807) is 10.7 Å². The third-order valence-corrected chi connectivity index (χ3v) is 6.85. The molecule has 0 radical (unpaired) electrons. The molecule has 0 saturated carbocycles. The lowest BCUT2D eigenvalue weighted by molar-refractivity contribution is -0.128. The van der Waals surface area contributed by atoms with Crippen LogP contribution in [0.5, 0.6) is 0 Å². The topological polar surface area (TPSA) is 41.4 Å². The molecule has 166 valence electrons. The lowest BCUT2D eigenvalue weighted by Gasteiger charge is -2.44. The van der Waals surface area contributed by atoms with Crippen molar-refractivity contribution in [2.75, 3.05) is 25.0 Å². The van der Waals surface area contributed by atoms with Gasteiger partial charge in [-0.05, 0) is 54.1 Å². The average Bonchev–Trinajstić information content (AvgIpc) is 3.25. The second kappa shape index (κ2) is 6.96. The number of carbonyl (C=O) groups excluding carboxylic acids is 1. The van der Waals surface area contributed by atoms with Gasteiger partial charge in [-0.15, -0.1) is 0 Å². The van der Waals surface area contributed by atoms with Crippen LogP contribution in [-0.2, 0) is 23.8 Å². The molecule has 0 N–H and O–H groups in total. The van der Waals surface area contributed by atoms with E-state index in [0.717, 1.165) is 22.2 Å². The van der Waals surface area contributed by atoms with Gasteiger partial charge in [0.15, 0.2) is 0 Å². The monoisotopic (exact) mass is 444 g/mol. The highest BCUT2D eigenvalue weighted by molar-refractivity contribution is 6.09. The Hall–Kier alpha value is -3.58. The van der Waals surface area contributed by atoms with Crippen LogP contribution in [-0.4, -0.2) is 40.7 Å². The summed E-state index contributed by atoms with van der Waals surface area (Å²) in [4.78, 5) is 17.0. The molecule has 0 aliphatic carbocycles. The Morgan fingerprint density at radius 1 is 0.970 bits per heavy atom. The maximum absolute atomic E-state index is 15.2. The fourth-order valence-electron chi connectivity index (χ4n) is 5.34. The van der Waals surface area contributed by atoms with E-state index in [2.05, 4.69) is 10.00 Å². The number of halogens is 2. The molecule has 0 unspecified atom stereocenters. The molecule has 1 aromatic heterocycles. The lowest BCUT2D eigenvalue weighted by Crippen LogP contribution is -2.62. The molecule has 0 bridgehead atoms. The number of anilines is 1. The van der Waals surface area contributed by atoms with Gasteiger partial charge in [-0.1, -0.05) is 24.3 Å². The zero-order valence-corrected chi connectivity index (χ0v) is 18.3. The summed E-state index contributed by atoms with van der Waals surface area (Å²) in [5, 5.41) is 5.23.